The van der Waals surface area contributed by atoms with Crippen LogP contribution in [0.5, 0.6) is 0 Å². The Labute approximate surface area is 96.6 Å². The molecule has 0 saturated carbocycles. The molecule has 0 saturated heterocycles. The number of rotatable bonds is 6. The molecule has 15 heavy (non-hydrogen) atoms. The largest absolute Gasteiger partial charge is 0.377 e. The highest BCUT2D eigenvalue weighted by Crippen LogP contribution is 2.08. The maximum Gasteiger partial charge on any atom is 0.0594 e. The van der Waals surface area contributed by atoms with Gasteiger partial charge in [-0.2, -0.15) is 0 Å². The number of halogens is 1. The van der Waals surface area contributed by atoms with Gasteiger partial charge in [0.05, 0.1) is 12.7 Å². The average Bonchev–Trinajstić information content (AvgIpc) is 2.20. The predicted molar refractivity (Wildman–Crippen MR) is 64.2 cm³/mol. The van der Waals surface area contributed by atoms with Gasteiger partial charge in [0.25, 0.3) is 0 Å². The molecular weight excluding hydrogens is 210 g/mol. The van der Waals surface area contributed by atoms with Gasteiger partial charge in [0.2, 0.25) is 0 Å². The molecule has 3 heteroatoms. The van der Waals surface area contributed by atoms with Gasteiger partial charge in [-0.05, 0) is 31.5 Å². The first kappa shape index (κ1) is 12.5. The van der Waals surface area contributed by atoms with Crippen molar-refractivity contribution in [1.29, 1.82) is 0 Å². The number of hydrogen-bond donors (Lipinski definition) is 1. The van der Waals surface area contributed by atoms with Gasteiger partial charge in [0, 0.05) is 18.1 Å². The summed E-state index contributed by atoms with van der Waals surface area (Å²) in [6.07, 6.45) is 0.308. The minimum atomic E-state index is 0.308. The fraction of sp³-hybridized carbons (Fsp3) is 0.500. The molecule has 1 N–H and O–H groups in total. The van der Waals surface area contributed by atoms with Crippen molar-refractivity contribution in [1.82, 2.24) is 5.32 Å². The van der Waals surface area contributed by atoms with E-state index in [1.807, 2.05) is 38.1 Å². The summed E-state index contributed by atoms with van der Waals surface area (Å²) in [4.78, 5) is 0. The lowest BCUT2D eigenvalue weighted by Crippen LogP contribution is -2.20. The molecule has 0 heterocycles. The van der Waals surface area contributed by atoms with Crippen LogP contribution in [0.2, 0.25) is 5.02 Å². The highest BCUT2D eigenvalue weighted by Gasteiger charge is 1.94. The highest BCUT2D eigenvalue weighted by molar-refractivity contribution is 6.30. The SMILES string of the molecule is CC(C)OCCNCc1ccc(Cl)cc1. The van der Waals surface area contributed by atoms with Gasteiger partial charge in [-0.25, -0.2) is 0 Å². The maximum absolute atomic E-state index is 5.79. The molecule has 84 valence electrons. The Morgan fingerprint density at radius 1 is 1.27 bits per heavy atom. The van der Waals surface area contributed by atoms with E-state index in [9.17, 15) is 0 Å². The van der Waals surface area contributed by atoms with E-state index in [0.29, 0.717) is 6.10 Å². The van der Waals surface area contributed by atoms with E-state index in [0.717, 1.165) is 24.7 Å². The van der Waals surface area contributed by atoms with Crippen molar-refractivity contribution in [3.63, 3.8) is 0 Å². The Kier molecular flexibility index (Phi) is 5.69. The highest BCUT2D eigenvalue weighted by atomic mass is 35.5. The first-order chi connectivity index (χ1) is 7.18. The van der Waals surface area contributed by atoms with E-state index in [1.54, 1.807) is 0 Å². The molecule has 0 spiro atoms. The van der Waals surface area contributed by atoms with Crippen molar-refractivity contribution < 1.29 is 4.74 Å². The van der Waals surface area contributed by atoms with E-state index in [1.165, 1.54) is 5.56 Å². The topological polar surface area (TPSA) is 21.3 Å². The predicted octanol–water partition coefficient (Wildman–Crippen LogP) is 2.85. The lowest BCUT2D eigenvalue weighted by Gasteiger charge is -2.08. The maximum atomic E-state index is 5.79. The Morgan fingerprint density at radius 3 is 2.53 bits per heavy atom. The monoisotopic (exact) mass is 227 g/mol. The number of nitrogens with one attached hydrogen (secondary N) is 1. The lowest BCUT2D eigenvalue weighted by atomic mass is 10.2. The van der Waals surface area contributed by atoms with Crippen LogP contribution in [-0.4, -0.2) is 19.3 Å². The summed E-state index contributed by atoms with van der Waals surface area (Å²) in [5.41, 5.74) is 1.24. The fourth-order valence-electron chi connectivity index (χ4n) is 1.20. The fourth-order valence-corrected chi connectivity index (χ4v) is 1.33. The molecule has 0 aliphatic rings. The van der Waals surface area contributed by atoms with E-state index in [4.69, 9.17) is 16.3 Å². The van der Waals surface area contributed by atoms with E-state index in [2.05, 4.69) is 5.32 Å². The molecule has 0 aliphatic carbocycles. The second-order valence-corrected chi connectivity index (χ2v) is 4.16. The third-order valence-corrected chi connectivity index (χ3v) is 2.22. The minimum Gasteiger partial charge on any atom is -0.377 e. The van der Waals surface area contributed by atoms with Crippen LogP contribution in [0.3, 0.4) is 0 Å². The lowest BCUT2D eigenvalue weighted by molar-refractivity contribution is 0.0807. The molecule has 1 aromatic rings. The average molecular weight is 228 g/mol. The van der Waals surface area contributed by atoms with Gasteiger partial charge in [0.1, 0.15) is 0 Å². The zero-order valence-corrected chi connectivity index (χ0v) is 10.1. The van der Waals surface area contributed by atoms with E-state index >= 15 is 0 Å². The van der Waals surface area contributed by atoms with Gasteiger partial charge in [-0.1, -0.05) is 23.7 Å². The molecule has 2 nitrogen and oxygen atoms in total. The summed E-state index contributed by atoms with van der Waals surface area (Å²) in [6.45, 7) is 6.57. The zero-order valence-electron chi connectivity index (χ0n) is 9.29. The normalized spacial score (nSPS) is 10.9. The van der Waals surface area contributed by atoms with Gasteiger partial charge in [0.15, 0.2) is 0 Å². The van der Waals surface area contributed by atoms with Crippen LogP contribution in [-0.2, 0) is 11.3 Å². The first-order valence-corrected chi connectivity index (χ1v) is 5.63. The van der Waals surface area contributed by atoms with Crippen LogP contribution < -0.4 is 5.32 Å². The van der Waals surface area contributed by atoms with Crippen molar-refractivity contribution in [3.05, 3.63) is 34.9 Å². The Hall–Kier alpha value is -0.570. The van der Waals surface area contributed by atoms with E-state index < -0.39 is 0 Å². The van der Waals surface area contributed by atoms with Crippen LogP contribution in [0.1, 0.15) is 19.4 Å². The van der Waals surface area contributed by atoms with Crippen molar-refractivity contribution >= 4 is 11.6 Å². The minimum absolute atomic E-state index is 0.308. The molecule has 0 bridgehead atoms. The molecule has 1 aromatic carbocycles. The summed E-state index contributed by atoms with van der Waals surface area (Å²) >= 11 is 5.79. The third kappa shape index (κ3) is 5.78. The van der Waals surface area contributed by atoms with Crippen molar-refractivity contribution in [3.8, 4) is 0 Å². The summed E-state index contributed by atoms with van der Waals surface area (Å²) in [7, 11) is 0. The number of hydrogen-bond acceptors (Lipinski definition) is 2. The van der Waals surface area contributed by atoms with Gasteiger partial charge >= 0.3 is 0 Å². The summed E-state index contributed by atoms with van der Waals surface area (Å²) < 4.78 is 5.42. The van der Waals surface area contributed by atoms with E-state index in [-0.39, 0.29) is 0 Å². The summed E-state index contributed by atoms with van der Waals surface area (Å²) in [5.74, 6) is 0. The van der Waals surface area contributed by atoms with Crippen LogP contribution in [0, 0.1) is 0 Å². The van der Waals surface area contributed by atoms with Crippen molar-refractivity contribution in [2.75, 3.05) is 13.2 Å². The standard InChI is InChI=1S/C12H18ClNO/c1-10(2)15-8-7-14-9-11-3-5-12(13)6-4-11/h3-6,10,14H,7-9H2,1-2H3. The molecule has 0 radical (unpaired) electrons. The second kappa shape index (κ2) is 6.83. The quantitative estimate of drug-likeness (QED) is 0.755. The number of ether oxygens (including phenoxy) is 1. The smallest absolute Gasteiger partial charge is 0.0594 e. The summed E-state index contributed by atoms with van der Waals surface area (Å²) in [5, 5.41) is 4.09. The summed E-state index contributed by atoms with van der Waals surface area (Å²) in [6, 6.07) is 7.86. The zero-order chi connectivity index (χ0) is 11.1. The van der Waals surface area contributed by atoms with Crippen LogP contribution >= 0.6 is 11.6 Å². The third-order valence-electron chi connectivity index (χ3n) is 1.97. The molecular formula is C12H18ClNO. The van der Waals surface area contributed by atoms with Crippen molar-refractivity contribution in [2.45, 2.75) is 26.5 Å². The molecule has 1 rings (SSSR count). The Bertz CT molecular complexity index is 271. The molecule has 0 fully saturated rings. The molecule has 0 atom stereocenters. The van der Waals surface area contributed by atoms with Gasteiger partial charge < -0.3 is 10.1 Å². The second-order valence-electron chi connectivity index (χ2n) is 3.72. The molecule has 0 aliphatic heterocycles. The van der Waals surface area contributed by atoms with Crippen molar-refractivity contribution in [2.24, 2.45) is 0 Å². The Balaban J connectivity index is 2.12. The molecule has 0 aromatic heterocycles. The first-order valence-electron chi connectivity index (χ1n) is 5.25. The van der Waals surface area contributed by atoms with Crippen LogP contribution in [0.4, 0.5) is 0 Å². The van der Waals surface area contributed by atoms with Gasteiger partial charge in [-0.15, -0.1) is 0 Å². The molecule has 0 amide bonds. The van der Waals surface area contributed by atoms with Crippen LogP contribution in [0.15, 0.2) is 24.3 Å². The Morgan fingerprint density at radius 2 is 1.93 bits per heavy atom. The number of benzene rings is 1. The van der Waals surface area contributed by atoms with Crippen LogP contribution in [0.25, 0.3) is 0 Å². The molecule has 0 unspecified atom stereocenters. The van der Waals surface area contributed by atoms with Gasteiger partial charge in [-0.3, -0.25) is 0 Å².